The lowest BCUT2D eigenvalue weighted by Crippen LogP contribution is -2.37. The predicted molar refractivity (Wildman–Crippen MR) is 284 cm³/mol. The van der Waals surface area contributed by atoms with E-state index in [2.05, 4.69) is 74.6 Å². The van der Waals surface area contributed by atoms with Gasteiger partial charge >= 0.3 is 19.8 Å². The van der Waals surface area contributed by atoms with Crippen LogP contribution in [0.1, 0.15) is 239 Å². The van der Waals surface area contributed by atoms with Crippen LogP contribution in [0.4, 0.5) is 0 Å². The van der Waals surface area contributed by atoms with E-state index in [1.54, 1.807) is 0 Å². The smallest absolute Gasteiger partial charge is 0.462 e. The molecule has 0 bridgehead atoms. The number of phosphoric ester groups is 1. The number of unbranched alkanes of at least 4 members (excludes halogenated alkanes) is 26. The molecule has 0 heterocycles. The average molecular weight is 963 g/mol. The van der Waals surface area contributed by atoms with E-state index in [-0.39, 0.29) is 32.0 Å². The molecule has 0 saturated carbocycles. The van der Waals surface area contributed by atoms with E-state index in [4.69, 9.17) is 18.5 Å². The van der Waals surface area contributed by atoms with Gasteiger partial charge in [-0.2, -0.15) is 0 Å². The maximum Gasteiger partial charge on any atom is 0.472 e. The molecule has 10 heteroatoms. The van der Waals surface area contributed by atoms with Crippen LogP contribution in [0.5, 0.6) is 0 Å². The van der Waals surface area contributed by atoms with Crippen LogP contribution in [0.3, 0.4) is 0 Å². The first-order valence-electron chi connectivity index (χ1n) is 27.5. The summed E-state index contributed by atoms with van der Waals surface area (Å²) in [7, 11) is 1.47. The molecular weight excluding hydrogens is 858 g/mol. The summed E-state index contributed by atoms with van der Waals surface area (Å²) in [5, 5.41) is 0. The zero-order chi connectivity index (χ0) is 49.2. The summed E-state index contributed by atoms with van der Waals surface area (Å²) in [4.78, 5) is 35.6. The molecule has 2 atom stereocenters. The van der Waals surface area contributed by atoms with Gasteiger partial charge in [0.05, 0.1) is 27.7 Å². The van der Waals surface area contributed by atoms with Gasteiger partial charge in [-0.3, -0.25) is 18.6 Å². The quantitative estimate of drug-likeness (QED) is 0.0211. The average Bonchev–Trinajstić information content (AvgIpc) is 3.29. The van der Waals surface area contributed by atoms with E-state index in [9.17, 15) is 19.0 Å². The van der Waals surface area contributed by atoms with E-state index in [1.807, 2.05) is 21.1 Å². The Hall–Kier alpha value is -2.29. The molecule has 2 unspecified atom stereocenters. The van der Waals surface area contributed by atoms with Gasteiger partial charge in [0.1, 0.15) is 19.8 Å². The first-order chi connectivity index (χ1) is 32.5. The van der Waals surface area contributed by atoms with Crippen molar-refractivity contribution < 1.29 is 42.1 Å². The lowest BCUT2D eigenvalue weighted by molar-refractivity contribution is -0.870. The second kappa shape index (κ2) is 48.7. The summed E-state index contributed by atoms with van der Waals surface area (Å²) in [6, 6.07) is 0. The summed E-state index contributed by atoms with van der Waals surface area (Å²) in [5.41, 5.74) is 0. The molecule has 9 nitrogen and oxygen atoms in total. The van der Waals surface area contributed by atoms with E-state index in [0.29, 0.717) is 17.4 Å². The number of likely N-dealkylation sites (N-methyl/N-ethyl adjacent to an activating group) is 1. The van der Waals surface area contributed by atoms with Crippen LogP contribution in [-0.4, -0.2) is 74.9 Å². The fourth-order valence-electron chi connectivity index (χ4n) is 7.57. The first-order valence-corrected chi connectivity index (χ1v) is 29.0. The van der Waals surface area contributed by atoms with Crippen LogP contribution in [-0.2, 0) is 32.7 Å². The minimum Gasteiger partial charge on any atom is -0.462 e. The topological polar surface area (TPSA) is 108 Å². The van der Waals surface area contributed by atoms with Gasteiger partial charge in [0.2, 0.25) is 0 Å². The molecule has 0 spiro atoms. The molecule has 0 aliphatic carbocycles. The molecule has 0 aliphatic rings. The normalized spacial score (nSPS) is 13.8. The predicted octanol–water partition coefficient (Wildman–Crippen LogP) is 16.8. The zero-order valence-electron chi connectivity index (χ0n) is 44.1. The summed E-state index contributed by atoms with van der Waals surface area (Å²) in [6.07, 6.45) is 61.3. The zero-order valence-corrected chi connectivity index (χ0v) is 45.0. The monoisotopic (exact) mass is 963 g/mol. The maximum atomic E-state index is 12.8. The Labute approximate surface area is 413 Å². The number of hydrogen-bond acceptors (Lipinski definition) is 7. The summed E-state index contributed by atoms with van der Waals surface area (Å²) < 4.78 is 34.5. The van der Waals surface area contributed by atoms with Crippen LogP contribution in [0, 0.1) is 0 Å². The third-order valence-corrected chi connectivity index (χ3v) is 12.8. The van der Waals surface area contributed by atoms with Gasteiger partial charge in [-0.05, 0) is 57.8 Å². The Bertz CT molecular complexity index is 1320. The van der Waals surface area contributed by atoms with Gasteiger partial charge in [0.25, 0.3) is 0 Å². The number of carbonyl (C=O) groups excluding carboxylic acids is 2. The number of ether oxygens (including phenoxy) is 2. The fraction of sp³-hybridized carbons (Fsp3) is 0.789. The van der Waals surface area contributed by atoms with Crippen LogP contribution >= 0.6 is 7.82 Å². The molecule has 0 aromatic heterocycles. The number of esters is 2. The highest BCUT2D eigenvalue weighted by Gasteiger charge is 2.27. The van der Waals surface area contributed by atoms with E-state index in [0.717, 1.165) is 77.0 Å². The Kier molecular flexibility index (Phi) is 47.1. The molecule has 0 radical (unpaired) electrons. The molecule has 0 amide bonds. The molecule has 67 heavy (non-hydrogen) atoms. The molecule has 0 aromatic rings. The van der Waals surface area contributed by atoms with Crippen molar-refractivity contribution in [3.05, 3.63) is 60.8 Å². The number of quaternary nitrogens is 1. The highest BCUT2D eigenvalue weighted by Crippen LogP contribution is 2.43. The van der Waals surface area contributed by atoms with Crippen molar-refractivity contribution >= 4 is 19.8 Å². The molecule has 0 rings (SSSR count). The largest absolute Gasteiger partial charge is 0.472 e. The van der Waals surface area contributed by atoms with Crippen LogP contribution in [0.15, 0.2) is 60.8 Å². The van der Waals surface area contributed by atoms with Crippen molar-refractivity contribution in [2.75, 3.05) is 47.5 Å². The second-order valence-electron chi connectivity index (χ2n) is 19.6. The molecule has 0 aromatic carbocycles. The number of phosphoric acid groups is 1. The number of hydrogen-bond donors (Lipinski definition) is 1. The van der Waals surface area contributed by atoms with Gasteiger partial charge in [-0.15, -0.1) is 0 Å². The van der Waals surface area contributed by atoms with E-state index in [1.165, 1.54) is 128 Å². The molecule has 0 aliphatic heterocycles. The van der Waals surface area contributed by atoms with Crippen molar-refractivity contribution in [2.24, 2.45) is 0 Å². The molecule has 390 valence electrons. The highest BCUT2D eigenvalue weighted by molar-refractivity contribution is 7.47. The van der Waals surface area contributed by atoms with E-state index >= 15 is 0 Å². The third-order valence-electron chi connectivity index (χ3n) is 11.8. The molecule has 1 N–H and O–H groups in total. The molecule has 0 fully saturated rings. The first kappa shape index (κ1) is 64.7. The number of rotatable bonds is 50. The Balaban J connectivity index is 4.23. The molecule has 0 saturated heterocycles. The van der Waals surface area contributed by atoms with Crippen LogP contribution in [0.25, 0.3) is 0 Å². The minimum atomic E-state index is -4.39. The SMILES string of the molecule is CC/C=C\C/C=C\C/C=C\C/C=C\C/C=C\CCCCCCCCCC(=O)OC(COC(=O)CCCCCCCCCCCCCCCCCCCCCC)COP(=O)(O)OCC[N+](C)(C)C. The summed E-state index contributed by atoms with van der Waals surface area (Å²) >= 11 is 0. The van der Waals surface area contributed by atoms with Crippen molar-refractivity contribution in [2.45, 2.75) is 245 Å². The second-order valence-corrected chi connectivity index (χ2v) is 21.0. The van der Waals surface area contributed by atoms with Crippen LogP contribution in [0.2, 0.25) is 0 Å². The maximum absolute atomic E-state index is 12.8. The summed E-state index contributed by atoms with van der Waals surface area (Å²) in [5.74, 6) is -0.804. The Morgan fingerprint density at radius 1 is 0.478 bits per heavy atom. The van der Waals surface area contributed by atoms with Gasteiger partial charge in [0, 0.05) is 12.8 Å². The van der Waals surface area contributed by atoms with Gasteiger partial charge in [0.15, 0.2) is 6.10 Å². The highest BCUT2D eigenvalue weighted by atomic mass is 31.2. The lowest BCUT2D eigenvalue weighted by Gasteiger charge is -2.24. The Morgan fingerprint density at radius 2 is 0.851 bits per heavy atom. The van der Waals surface area contributed by atoms with Crippen molar-refractivity contribution in [1.29, 1.82) is 0 Å². The van der Waals surface area contributed by atoms with Crippen molar-refractivity contribution in [3.8, 4) is 0 Å². The Morgan fingerprint density at radius 3 is 1.27 bits per heavy atom. The number of carbonyl (C=O) groups is 2. The lowest BCUT2D eigenvalue weighted by atomic mass is 10.0. The number of nitrogens with zero attached hydrogens (tertiary/aromatic N) is 1. The van der Waals surface area contributed by atoms with Gasteiger partial charge in [-0.25, -0.2) is 4.57 Å². The molecular formula is C57H105NO8P+. The van der Waals surface area contributed by atoms with Crippen LogP contribution < -0.4 is 0 Å². The number of allylic oxidation sites excluding steroid dienone is 10. The third kappa shape index (κ3) is 52.9. The van der Waals surface area contributed by atoms with Gasteiger partial charge < -0.3 is 18.9 Å². The van der Waals surface area contributed by atoms with Crippen molar-refractivity contribution in [1.82, 2.24) is 0 Å². The minimum absolute atomic E-state index is 0.0283. The van der Waals surface area contributed by atoms with Crippen molar-refractivity contribution in [3.63, 3.8) is 0 Å². The fourth-order valence-corrected chi connectivity index (χ4v) is 8.31. The standard InChI is InChI=1S/C57H104NO8P/c1-6-8-10-12-14-16-18-20-22-24-26-28-29-30-32-34-36-38-40-42-44-46-48-50-57(60)66-55(54-65-67(61,62)64-52-51-58(3,4)5)53-63-56(59)49-47-45-43-41-39-37-35-33-31-27-25-23-21-19-17-15-13-11-9-7-2/h8,10,14,16,20,22,26,28,30,32,55H,6-7,9,11-13,15,17-19,21,23-25,27,29,31,33-54H2,1-5H3/p+1/b10-8-,16-14-,22-20-,28-26-,32-30-. The van der Waals surface area contributed by atoms with E-state index < -0.39 is 26.5 Å². The van der Waals surface area contributed by atoms with Gasteiger partial charge in [-0.1, -0.05) is 229 Å². The summed E-state index contributed by atoms with van der Waals surface area (Å²) in [6.45, 7) is 4.33.